The molecule has 2 heteroatoms. The zero-order valence-corrected chi connectivity index (χ0v) is 14.7. The van der Waals surface area contributed by atoms with Crippen LogP contribution < -0.4 is 29.6 Å². The Morgan fingerprint density at radius 2 is 1.06 bits per heavy atom. The maximum absolute atomic E-state index is 2.23. The molecule has 0 N–H and O–H groups in total. The van der Waals surface area contributed by atoms with Gasteiger partial charge in [0.25, 0.3) is 0 Å². The SMILES string of the molecule is [H-].[Na+].c1ccc(CC[Se]CCc2ccccc2)cc1. The van der Waals surface area contributed by atoms with Crippen LogP contribution in [0.15, 0.2) is 60.7 Å². The van der Waals surface area contributed by atoms with Crippen molar-refractivity contribution in [3.63, 3.8) is 0 Å². The Hall–Kier alpha value is -0.0405. The van der Waals surface area contributed by atoms with Crippen LogP contribution in [0, 0.1) is 0 Å². The Kier molecular flexibility index (Phi) is 8.75. The van der Waals surface area contributed by atoms with E-state index in [0.717, 1.165) is 15.0 Å². The van der Waals surface area contributed by atoms with Gasteiger partial charge in [-0.05, 0) is 0 Å². The summed E-state index contributed by atoms with van der Waals surface area (Å²) in [5.41, 5.74) is 2.96. The second kappa shape index (κ2) is 9.83. The van der Waals surface area contributed by atoms with Crippen molar-refractivity contribution in [2.75, 3.05) is 0 Å². The topological polar surface area (TPSA) is 0 Å². The van der Waals surface area contributed by atoms with E-state index < -0.39 is 0 Å². The van der Waals surface area contributed by atoms with Gasteiger partial charge in [0.2, 0.25) is 0 Å². The third-order valence-corrected chi connectivity index (χ3v) is 4.82. The van der Waals surface area contributed by atoms with Crippen molar-refractivity contribution in [3.05, 3.63) is 71.8 Å². The third-order valence-electron chi connectivity index (χ3n) is 2.76. The fourth-order valence-corrected chi connectivity index (χ4v) is 3.79. The van der Waals surface area contributed by atoms with Gasteiger partial charge in [-0.3, -0.25) is 0 Å². The number of rotatable bonds is 6. The van der Waals surface area contributed by atoms with E-state index in [-0.39, 0.29) is 31.0 Å². The summed E-state index contributed by atoms with van der Waals surface area (Å²) >= 11 is 0.783. The van der Waals surface area contributed by atoms with E-state index in [1.54, 1.807) is 0 Å². The van der Waals surface area contributed by atoms with Gasteiger partial charge in [0.15, 0.2) is 0 Å². The van der Waals surface area contributed by atoms with Crippen LogP contribution >= 0.6 is 0 Å². The maximum atomic E-state index is 2.23. The molecule has 0 spiro atoms. The van der Waals surface area contributed by atoms with Crippen LogP contribution in [0.5, 0.6) is 0 Å². The Labute approximate surface area is 140 Å². The Morgan fingerprint density at radius 3 is 1.44 bits per heavy atom. The fraction of sp³-hybridized carbons (Fsp3) is 0.250. The molecule has 0 nitrogen and oxygen atoms in total. The Morgan fingerprint density at radius 1 is 0.667 bits per heavy atom. The summed E-state index contributed by atoms with van der Waals surface area (Å²) in [5.74, 6) is 0. The first-order valence-corrected chi connectivity index (χ1v) is 8.53. The average molecular weight is 313 g/mol. The molecule has 0 bridgehead atoms. The van der Waals surface area contributed by atoms with E-state index in [1.807, 2.05) is 0 Å². The van der Waals surface area contributed by atoms with Crippen molar-refractivity contribution >= 4 is 15.0 Å². The molecule has 0 amide bonds. The van der Waals surface area contributed by atoms with Crippen molar-refractivity contribution in [2.24, 2.45) is 0 Å². The van der Waals surface area contributed by atoms with Crippen molar-refractivity contribution in [2.45, 2.75) is 23.5 Å². The first-order valence-electron chi connectivity index (χ1n) is 6.11. The first-order chi connectivity index (χ1) is 8.45. The van der Waals surface area contributed by atoms with E-state index >= 15 is 0 Å². The molecule has 0 aliphatic carbocycles. The molecule has 0 unspecified atom stereocenters. The molecule has 0 radical (unpaired) electrons. The summed E-state index contributed by atoms with van der Waals surface area (Å²) in [4.78, 5) is 0. The van der Waals surface area contributed by atoms with Crippen molar-refractivity contribution in [1.29, 1.82) is 0 Å². The molecule has 0 atom stereocenters. The van der Waals surface area contributed by atoms with Crippen molar-refractivity contribution in [3.8, 4) is 0 Å². The fourth-order valence-electron chi connectivity index (χ4n) is 1.77. The molecule has 18 heavy (non-hydrogen) atoms. The van der Waals surface area contributed by atoms with Gasteiger partial charge in [-0.25, -0.2) is 0 Å². The molecule has 0 heterocycles. The molecule has 2 rings (SSSR count). The molecule has 2 aromatic carbocycles. The third kappa shape index (κ3) is 6.22. The Balaban J connectivity index is 0.00000162. The summed E-state index contributed by atoms with van der Waals surface area (Å²) < 4.78 is 0. The van der Waals surface area contributed by atoms with Gasteiger partial charge < -0.3 is 1.43 Å². The molecule has 0 aliphatic heterocycles. The van der Waals surface area contributed by atoms with E-state index in [2.05, 4.69) is 60.7 Å². The summed E-state index contributed by atoms with van der Waals surface area (Å²) in [6.07, 6.45) is 2.49. The average Bonchev–Trinajstić information content (AvgIpc) is 2.41. The minimum atomic E-state index is 0. The van der Waals surface area contributed by atoms with Crippen LogP contribution in [0.1, 0.15) is 12.6 Å². The first kappa shape index (κ1) is 16.0. The Bertz CT molecular complexity index is 378. The number of hydrogen-bond donors (Lipinski definition) is 0. The van der Waals surface area contributed by atoms with Gasteiger partial charge >= 0.3 is 140 Å². The van der Waals surface area contributed by atoms with Gasteiger partial charge in [-0.1, -0.05) is 0 Å². The standard InChI is InChI=1S/C16H18Se.Na.H/c1-3-7-15(8-4-1)11-13-17-14-12-16-9-5-2-6-10-16;;/h1-10H,11-14H2;;/q;+1;-1. The van der Waals surface area contributed by atoms with E-state index in [1.165, 1.54) is 34.6 Å². The molecular weight excluding hydrogens is 294 g/mol. The molecule has 2 aromatic rings. The second-order valence-corrected chi connectivity index (χ2v) is 6.65. The van der Waals surface area contributed by atoms with Gasteiger partial charge in [0.05, 0.1) is 0 Å². The zero-order valence-electron chi connectivity index (χ0n) is 12.0. The number of benzene rings is 2. The van der Waals surface area contributed by atoms with Gasteiger partial charge in [0, 0.05) is 0 Å². The molecule has 0 aromatic heterocycles. The molecule has 0 fully saturated rings. The van der Waals surface area contributed by atoms with Crippen LogP contribution in [-0.4, -0.2) is 15.0 Å². The van der Waals surface area contributed by atoms with Crippen LogP contribution in [-0.2, 0) is 12.8 Å². The van der Waals surface area contributed by atoms with Crippen LogP contribution in [0.25, 0.3) is 0 Å². The van der Waals surface area contributed by atoms with E-state index in [0.29, 0.717) is 0 Å². The van der Waals surface area contributed by atoms with E-state index in [9.17, 15) is 0 Å². The summed E-state index contributed by atoms with van der Waals surface area (Å²) in [6.45, 7) is 0. The molecule has 0 aliphatic rings. The summed E-state index contributed by atoms with van der Waals surface area (Å²) in [5, 5.41) is 2.73. The van der Waals surface area contributed by atoms with Gasteiger partial charge in [-0.2, -0.15) is 0 Å². The quantitative estimate of drug-likeness (QED) is 0.554. The number of hydrogen-bond acceptors (Lipinski definition) is 0. The van der Waals surface area contributed by atoms with Crippen LogP contribution in [0.3, 0.4) is 0 Å². The van der Waals surface area contributed by atoms with Crippen molar-refractivity contribution < 1.29 is 31.0 Å². The molecular formula is C16H19NaSe. The number of aryl methyl sites for hydroxylation is 2. The second-order valence-electron chi connectivity index (χ2n) is 4.08. The molecule has 90 valence electrons. The van der Waals surface area contributed by atoms with Crippen LogP contribution in [0.2, 0.25) is 10.6 Å². The van der Waals surface area contributed by atoms with Crippen molar-refractivity contribution in [1.82, 2.24) is 0 Å². The summed E-state index contributed by atoms with van der Waals surface area (Å²) in [6, 6.07) is 21.6. The predicted octanol–water partition coefficient (Wildman–Crippen LogP) is 1.13. The zero-order chi connectivity index (χ0) is 11.8. The molecule has 0 saturated heterocycles. The van der Waals surface area contributed by atoms with Crippen LogP contribution in [0.4, 0.5) is 0 Å². The monoisotopic (exact) mass is 314 g/mol. The minimum absolute atomic E-state index is 0. The molecule has 0 saturated carbocycles. The summed E-state index contributed by atoms with van der Waals surface area (Å²) in [7, 11) is 0. The predicted molar refractivity (Wildman–Crippen MR) is 76.8 cm³/mol. The van der Waals surface area contributed by atoms with Gasteiger partial charge in [-0.15, -0.1) is 0 Å². The van der Waals surface area contributed by atoms with Gasteiger partial charge in [0.1, 0.15) is 0 Å². The normalized spacial score (nSPS) is 9.78. The van der Waals surface area contributed by atoms with E-state index in [4.69, 9.17) is 0 Å².